The fourth-order valence-electron chi connectivity index (χ4n) is 3.97. The first-order valence-electron chi connectivity index (χ1n) is 11.6. The van der Waals surface area contributed by atoms with Gasteiger partial charge in [0, 0.05) is 0 Å². The van der Waals surface area contributed by atoms with Crippen molar-refractivity contribution in [3.8, 4) is 0 Å². The zero-order valence-corrected chi connectivity index (χ0v) is 20.0. The van der Waals surface area contributed by atoms with Crippen LogP contribution in [0.5, 0.6) is 0 Å². The van der Waals surface area contributed by atoms with E-state index in [-0.39, 0.29) is 0 Å². The number of rotatable bonds is 10. The molecular weight excluding hydrogens is 360 g/mol. The van der Waals surface area contributed by atoms with Crippen LogP contribution in [0.1, 0.15) is 88.5 Å². The minimum atomic E-state index is 0.620. The minimum absolute atomic E-state index is 0.620. The molecule has 0 N–H and O–H groups in total. The Balaban J connectivity index is 2.22. The first-order chi connectivity index (χ1) is 14.5. The largest absolute Gasteiger partial charge is 0.0884 e. The number of benzene rings is 2. The molecule has 0 heteroatoms. The van der Waals surface area contributed by atoms with Gasteiger partial charge in [0.25, 0.3) is 0 Å². The van der Waals surface area contributed by atoms with Crippen LogP contribution in [0.25, 0.3) is 5.57 Å². The molecular formula is C30H40. The van der Waals surface area contributed by atoms with Crippen molar-refractivity contribution in [3.63, 3.8) is 0 Å². The van der Waals surface area contributed by atoms with Crippen LogP contribution >= 0.6 is 0 Å². The summed E-state index contributed by atoms with van der Waals surface area (Å²) in [6.45, 7) is 13.4. The summed E-state index contributed by atoms with van der Waals surface area (Å²) in [6, 6.07) is 17.9. The van der Waals surface area contributed by atoms with E-state index in [1.807, 2.05) is 0 Å². The maximum absolute atomic E-state index is 2.43. The van der Waals surface area contributed by atoms with Crippen molar-refractivity contribution in [2.75, 3.05) is 0 Å². The van der Waals surface area contributed by atoms with Gasteiger partial charge < -0.3 is 0 Å². The minimum Gasteiger partial charge on any atom is -0.0884 e. The van der Waals surface area contributed by atoms with Crippen molar-refractivity contribution < 1.29 is 0 Å². The van der Waals surface area contributed by atoms with E-state index in [1.54, 1.807) is 0 Å². The Morgan fingerprint density at radius 3 is 2.27 bits per heavy atom. The molecule has 1 atom stereocenters. The summed E-state index contributed by atoms with van der Waals surface area (Å²) in [6.07, 6.45) is 12.7. The van der Waals surface area contributed by atoms with E-state index in [0.29, 0.717) is 5.92 Å². The topological polar surface area (TPSA) is 0 Å². The lowest BCUT2D eigenvalue weighted by molar-refractivity contribution is 0.604. The molecule has 0 spiro atoms. The van der Waals surface area contributed by atoms with Gasteiger partial charge in [0.05, 0.1) is 0 Å². The highest BCUT2D eigenvalue weighted by Gasteiger charge is 2.12. The van der Waals surface area contributed by atoms with Crippen molar-refractivity contribution in [2.24, 2.45) is 0 Å². The molecule has 160 valence electrons. The molecule has 0 saturated carbocycles. The second-order valence-corrected chi connectivity index (χ2v) is 8.50. The van der Waals surface area contributed by atoms with Crippen LogP contribution in [0.3, 0.4) is 0 Å². The van der Waals surface area contributed by atoms with Gasteiger partial charge in [0.2, 0.25) is 0 Å². The third-order valence-electron chi connectivity index (χ3n) is 6.30. The number of allylic oxidation sites excluding steroid dienone is 6. The van der Waals surface area contributed by atoms with E-state index < -0.39 is 0 Å². The predicted molar refractivity (Wildman–Crippen MR) is 135 cm³/mol. The van der Waals surface area contributed by atoms with Crippen LogP contribution in [0.4, 0.5) is 0 Å². The third kappa shape index (κ3) is 7.17. The van der Waals surface area contributed by atoms with Crippen molar-refractivity contribution >= 4 is 5.57 Å². The fraction of sp³-hybridized carbons (Fsp3) is 0.400. The average Bonchev–Trinajstić information content (AvgIpc) is 2.78. The van der Waals surface area contributed by atoms with Gasteiger partial charge in [-0.3, -0.25) is 0 Å². The van der Waals surface area contributed by atoms with Crippen molar-refractivity contribution in [1.82, 2.24) is 0 Å². The standard InChI is InChI=1S/C30H40/c1-7-23(4)14-15-27(22-25(6)29-20-16-26(8-2)17-21-29)18-19-28(9-3)30-13-11-10-12-24(30)5/h7,10-13,15-17,20-22,28H,8-9,14,18-19H2,1-6H3. The van der Waals surface area contributed by atoms with Gasteiger partial charge in [0.1, 0.15) is 0 Å². The van der Waals surface area contributed by atoms with E-state index in [0.717, 1.165) is 19.3 Å². The molecule has 0 bridgehead atoms. The number of hydrogen-bond acceptors (Lipinski definition) is 0. The van der Waals surface area contributed by atoms with Gasteiger partial charge in [-0.2, -0.15) is 0 Å². The Hall–Kier alpha value is -2.34. The second-order valence-electron chi connectivity index (χ2n) is 8.50. The highest BCUT2D eigenvalue weighted by atomic mass is 14.2. The molecule has 0 aromatic heterocycles. The molecule has 2 rings (SSSR count). The summed E-state index contributed by atoms with van der Waals surface area (Å²) in [7, 11) is 0. The number of aryl methyl sites for hydroxylation is 2. The first-order valence-corrected chi connectivity index (χ1v) is 11.6. The number of hydrogen-bond donors (Lipinski definition) is 0. The Morgan fingerprint density at radius 2 is 1.67 bits per heavy atom. The lowest BCUT2D eigenvalue weighted by atomic mass is 9.87. The van der Waals surface area contributed by atoms with Crippen molar-refractivity contribution in [2.45, 2.75) is 79.6 Å². The lowest BCUT2D eigenvalue weighted by Crippen LogP contribution is -2.01. The van der Waals surface area contributed by atoms with Gasteiger partial charge in [-0.25, -0.2) is 0 Å². The molecule has 0 saturated heterocycles. The van der Waals surface area contributed by atoms with Crippen LogP contribution in [-0.2, 0) is 6.42 Å². The molecule has 2 aromatic carbocycles. The zero-order chi connectivity index (χ0) is 21.9. The van der Waals surface area contributed by atoms with Gasteiger partial charge in [-0.1, -0.05) is 91.8 Å². The normalized spacial score (nSPS) is 14.1. The van der Waals surface area contributed by atoms with E-state index in [4.69, 9.17) is 0 Å². The molecule has 1 unspecified atom stereocenters. The molecule has 0 nitrogen and oxygen atoms in total. The summed E-state index contributed by atoms with van der Waals surface area (Å²) in [5.74, 6) is 0.620. The molecule has 0 amide bonds. The van der Waals surface area contributed by atoms with Crippen LogP contribution in [0, 0.1) is 6.92 Å². The van der Waals surface area contributed by atoms with Crippen LogP contribution in [0.15, 0.2) is 77.9 Å². The maximum Gasteiger partial charge on any atom is -0.0136 e. The van der Waals surface area contributed by atoms with E-state index >= 15 is 0 Å². The highest BCUT2D eigenvalue weighted by Crippen LogP contribution is 2.30. The van der Waals surface area contributed by atoms with Gasteiger partial charge in [-0.05, 0) is 93.5 Å². The summed E-state index contributed by atoms with van der Waals surface area (Å²) in [5.41, 5.74) is 9.90. The van der Waals surface area contributed by atoms with Crippen LogP contribution < -0.4 is 0 Å². The lowest BCUT2D eigenvalue weighted by Gasteiger charge is -2.18. The molecule has 0 fully saturated rings. The molecule has 0 aliphatic rings. The zero-order valence-electron chi connectivity index (χ0n) is 20.0. The summed E-state index contributed by atoms with van der Waals surface area (Å²) in [5, 5.41) is 0. The molecule has 0 radical (unpaired) electrons. The second kappa shape index (κ2) is 12.4. The Morgan fingerprint density at radius 1 is 0.967 bits per heavy atom. The van der Waals surface area contributed by atoms with E-state index in [2.05, 4.69) is 108 Å². The van der Waals surface area contributed by atoms with Crippen LogP contribution in [0.2, 0.25) is 0 Å². The molecule has 0 aliphatic heterocycles. The monoisotopic (exact) mass is 400 g/mol. The van der Waals surface area contributed by atoms with E-state index in [1.165, 1.54) is 51.8 Å². The summed E-state index contributed by atoms with van der Waals surface area (Å²) < 4.78 is 0. The van der Waals surface area contributed by atoms with Gasteiger partial charge in [-0.15, -0.1) is 0 Å². The van der Waals surface area contributed by atoms with Gasteiger partial charge in [0.15, 0.2) is 0 Å². The third-order valence-corrected chi connectivity index (χ3v) is 6.30. The van der Waals surface area contributed by atoms with E-state index in [9.17, 15) is 0 Å². The Labute approximate surface area is 185 Å². The van der Waals surface area contributed by atoms with Crippen molar-refractivity contribution in [3.05, 3.63) is 100 Å². The first kappa shape index (κ1) is 23.9. The Bertz CT molecular complexity index is 875. The predicted octanol–water partition coefficient (Wildman–Crippen LogP) is 9.22. The average molecular weight is 401 g/mol. The van der Waals surface area contributed by atoms with Crippen molar-refractivity contribution in [1.29, 1.82) is 0 Å². The summed E-state index contributed by atoms with van der Waals surface area (Å²) in [4.78, 5) is 0. The molecule has 0 heterocycles. The van der Waals surface area contributed by atoms with Crippen LogP contribution in [-0.4, -0.2) is 0 Å². The molecule has 2 aromatic rings. The maximum atomic E-state index is 2.43. The highest BCUT2D eigenvalue weighted by molar-refractivity contribution is 5.66. The fourth-order valence-corrected chi connectivity index (χ4v) is 3.97. The summed E-state index contributed by atoms with van der Waals surface area (Å²) >= 11 is 0. The Kier molecular flexibility index (Phi) is 9.87. The SMILES string of the molecule is CC=C(C)CC=C(C=C(C)c1ccc(CC)cc1)CCC(CC)c1ccccc1C. The molecule has 0 aliphatic carbocycles. The molecule has 30 heavy (non-hydrogen) atoms. The van der Waals surface area contributed by atoms with Gasteiger partial charge >= 0.3 is 0 Å². The smallest absolute Gasteiger partial charge is 0.0136 e. The quantitative estimate of drug-likeness (QED) is 0.275.